The molecule has 1 fully saturated rings. The largest absolute Gasteiger partial charge is 0.504 e. The van der Waals surface area contributed by atoms with Crippen molar-refractivity contribution in [3.05, 3.63) is 46.7 Å². The Labute approximate surface area is 141 Å². The number of piperidine rings is 1. The molecule has 0 saturated carbocycles. The molecule has 128 valence electrons. The Hall–Kier alpha value is -1.98. The normalized spacial score (nSPS) is 31.5. The van der Waals surface area contributed by atoms with Crippen molar-refractivity contribution in [3.63, 3.8) is 0 Å². The average Bonchev–Trinajstić information content (AvgIpc) is 2.59. The first-order valence-corrected chi connectivity index (χ1v) is 8.28. The van der Waals surface area contributed by atoms with Gasteiger partial charge in [-0.05, 0) is 49.7 Å². The number of aromatic hydroxyl groups is 1. The SMILES string of the molecule is COC1=CC=C2C3Cc4ccc(OC)c(O)c4[C@@]2(CCN3C)[C@H]1O. The minimum Gasteiger partial charge on any atom is -0.504 e. The fourth-order valence-corrected chi connectivity index (χ4v) is 4.75. The maximum Gasteiger partial charge on any atom is 0.162 e. The van der Waals surface area contributed by atoms with E-state index in [2.05, 4.69) is 18.0 Å². The van der Waals surface area contributed by atoms with Crippen LogP contribution in [0.1, 0.15) is 17.5 Å². The number of nitrogens with zero attached hydrogens (tertiary/aromatic N) is 1. The Morgan fingerprint density at radius 3 is 2.71 bits per heavy atom. The molecule has 2 N–H and O–H groups in total. The third-order valence-electron chi connectivity index (χ3n) is 5.97. The Morgan fingerprint density at radius 2 is 2.00 bits per heavy atom. The number of benzene rings is 1. The van der Waals surface area contributed by atoms with Gasteiger partial charge in [0.15, 0.2) is 11.5 Å². The summed E-state index contributed by atoms with van der Waals surface area (Å²) < 4.78 is 10.7. The number of rotatable bonds is 2. The summed E-state index contributed by atoms with van der Waals surface area (Å²) in [6.45, 7) is 0.853. The first kappa shape index (κ1) is 15.5. The highest BCUT2D eigenvalue weighted by molar-refractivity contribution is 5.63. The smallest absolute Gasteiger partial charge is 0.162 e. The van der Waals surface area contributed by atoms with Gasteiger partial charge in [0.2, 0.25) is 0 Å². The number of likely N-dealkylation sites (tertiary alicyclic amines) is 1. The second-order valence-corrected chi connectivity index (χ2v) is 6.87. The lowest BCUT2D eigenvalue weighted by molar-refractivity contribution is 0.0303. The predicted molar refractivity (Wildman–Crippen MR) is 90.3 cm³/mol. The van der Waals surface area contributed by atoms with Crippen LogP contribution in [-0.4, -0.2) is 55.1 Å². The number of hydrogen-bond acceptors (Lipinski definition) is 5. The molecule has 1 aromatic carbocycles. The Morgan fingerprint density at radius 1 is 1.21 bits per heavy atom. The van der Waals surface area contributed by atoms with Gasteiger partial charge >= 0.3 is 0 Å². The van der Waals surface area contributed by atoms with Crippen molar-refractivity contribution in [1.82, 2.24) is 4.90 Å². The number of likely N-dealkylation sites (N-methyl/N-ethyl adjacent to an activating group) is 1. The van der Waals surface area contributed by atoms with Gasteiger partial charge in [0.05, 0.1) is 19.6 Å². The zero-order valence-electron chi connectivity index (χ0n) is 14.2. The number of aliphatic hydroxyl groups excluding tert-OH is 1. The second-order valence-electron chi connectivity index (χ2n) is 6.87. The van der Waals surface area contributed by atoms with Gasteiger partial charge in [-0.15, -0.1) is 0 Å². The Bertz CT molecular complexity index is 754. The summed E-state index contributed by atoms with van der Waals surface area (Å²) in [5.41, 5.74) is 2.37. The molecule has 2 aliphatic carbocycles. The molecule has 0 amide bonds. The lowest BCUT2D eigenvalue weighted by Gasteiger charge is -2.55. The molecule has 1 aliphatic heterocycles. The van der Waals surface area contributed by atoms with E-state index in [-0.39, 0.29) is 11.8 Å². The van der Waals surface area contributed by atoms with Crippen molar-refractivity contribution >= 4 is 0 Å². The van der Waals surface area contributed by atoms with E-state index >= 15 is 0 Å². The summed E-state index contributed by atoms with van der Waals surface area (Å²) in [6.07, 6.45) is 4.65. The standard InChI is InChI=1S/C19H23NO4/c1-20-9-8-19-12(5-7-15(24-3)18(19)22)13(20)10-11-4-6-14(23-2)17(21)16(11)19/h4-7,13,18,21-22H,8-10H2,1-3H3/t13?,18-,19-/m0/s1. The molecule has 1 unspecified atom stereocenters. The summed E-state index contributed by atoms with van der Waals surface area (Å²) in [5, 5.41) is 22.1. The van der Waals surface area contributed by atoms with Crippen LogP contribution in [0.15, 0.2) is 35.6 Å². The Kier molecular flexibility index (Phi) is 3.41. The highest BCUT2D eigenvalue weighted by atomic mass is 16.5. The maximum atomic E-state index is 11.2. The van der Waals surface area contributed by atoms with E-state index in [4.69, 9.17) is 9.47 Å². The van der Waals surface area contributed by atoms with E-state index in [9.17, 15) is 10.2 Å². The summed E-state index contributed by atoms with van der Waals surface area (Å²) >= 11 is 0. The Balaban J connectivity index is 2.02. The van der Waals surface area contributed by atoms with E-state index in [1.807, 2.05) is 12.1 Å². The summed E-state index contributed by atoms with van der Waals surface area (Å²) in [7, 11) is 5.24. The van der Waals surface area contributed by atoms with E-state index in [0.717, 1.165) is 36.1 Å². The third kappa shape index (κ3) is 1.77. The summed E-state index contributed by atoms with van der Waals surface area (Å²) in [5.74, 6) is 1.12. The molecule has 24 heavy (non-hydrogen) atoms. The summed E-state index contributed by atoms with van der Waals surface area (Å²) in [6, 6.07) is 4.04. The molecule has 5 heteroatoms. The number of phenols is 1. The first-order chi connectivity index (χ1) is 11.5. The molecule has 1 heterocycles. The molecular formula is C19H23NO4. The van der Waals surface area contributed by atoms with Crippen LogP contribution in [0, 0.1) is 0 Å². The first-order valence-electron chi connectivity index (χ1n) is 8.28. The lowest BCUT2D eigenvalue weighted by Crippen LogP contribution is -2.59. The molecule has 4 rings (SSSR count). The van der Waals surface area contributed by atoms with Crippen LogP contribution in [0.3, 0.4) is 0 Å². The average molecular weight is 329 g/mol. The number of aliphatic hydroxyl groups is 1. The van der Waals surface area contributed by atoms with Gasteiger partial charge in [0.1, 0.15) is 11.9 Å². The lowest BCUT2D eigenvalue weighted by atomic mass is 9.56. The fraction of sp³-hybridized carbons (Fsp3) is 0.474. The molecule has 3 aliphatic rings. The fourth-order valence-electron chi connectivity index (χ4n) is 4.75. The van der Waals surface area contributed by atoms with Crippen molar-refractivity contribution in [1.29, 1.82) is 0 Å². The zero-order chi connectivity index (χ0) is 17.1. The van der Waals surface area contributed by atoms with Gasteiger partial charge in [0, 0.05) is 11.6 Å². The monoisotopic (exact) mass is 329 g/mol. The zero-order valence-corrected chi connectivity index (χ0v) is 14.2. The minimum absolute atomic E-state index is 0.139. The molecule has 0 radical (unpaired) electrons. The van der Waals surface area contributed by atoms with Crippen molar-refractivity contribution in [2.24, 2.45) is 0 Å². The number of methoxy groups -OCH3 is 2. The number of fused-ring (bicyclic) bond motifs is 1. The van der Waals surface area contributed by atoms with Gasteiger partial charge < -0.3 is 19.7 Å². The highest BCUT2D eigenvalue weighted by Crippen LogP contribution is 2.57. The van der Waals surface area contributed by atoms with Gasteiger partial charge in [-0.1, -0.05) is 12.1 Å². The molecule has 1 saturated heterocycles. The van der Waals surface area contributed by atoms with E-state index < -0.39 is 11.5 Å². The molecule has 3 atom stereocenters. The van der Waals surface area contributed by atoms with Crippen LogP contribution in [0.25, 0.3) is 0 Å². The summed E-state index contributed by atoms with van der Waals surface area (Å²) in [4.78, 5) is 2.33. The van der Waals surface area contributed by atoms with Crippen LogP contribution in [0.2, 0.25) is 0 Å². The minimum atomic E-state index is -0.809. The van der Waals surface area contributed by atoms with Crippen molar-refractivity contribution in [2.45, 2.75) is 30.4 Å². The van der Waals surface area contributed by atoms with Crippen LogP contribution in [0.5, 0.6) is 11.5 Å². The quantitative estimate of drug-likeness (QED) is 0.865. The molecule has 5 nitrogen and oxygen atoms in total. The van der Waals surface area contributed by atoms with Crippen molar-refractivity contribution in [2.75, 3.05) is 27.8 Å². The maximum absolute atomic E-state index is 11.2. The molecule has 0 aromatic heterocycles. The van der Waals surface area contributed by atoms with Gasteiger partial charge in [0.25, 0.3) is 0 Å². The van der Waals surface area contributed by atoms with Gasteiger partial charge in [-0.25, -0.2) is 0 Å². The molecule has 1 aromatic rings. The number of ether oxygens (including phenoxy) is 2. The van der Waals surface area contributed by atoms with Crippen LogP contribution in [-0.2, 0) is 16.6 Å². The van der Waals surface area contributed by atoms with E-state index in [0.29, 0.717) is 11.5 Å². The highest BCUT2D eigenvalue weighted by Gasteiger charge is 2.56. The molecule has 2 bridgehead atoms. The van der Waals surface area contributed by atoms with Crippen molar-refractivity contribution in [3.8, 4) is 11.5 Å². The number of phenolic OH excluding ortho intramolecular Hbond substituents is 1. The van der Waals surface area contributed by atoms with Crippen LogP contribution in [0.4, 0.5) is 0 Å². The van der Waals surface area contributed by atoms with Crippen LogP contribution < -0.4 is 4.74 Å². The van der Waals surface area contributed by atoms with E-state index in [1.165, 1.54) is 0 Å². The second kappa shape index (κ2) is 5.26. The predicted octanol–water partition coefficient (Wildman–Crippen LogP) is 1.73. The van der Waals surface area contributed by atoms with Gasteiger partial charge in [-0.3, -0.25) is 4.90 Å². The van der Waals surface area contributed by atoms with E-state index in [1.54, 1.807) is 20.3 Å². The molecular weight excluding hydrogens is 306 g/mol. The molecule has 0 spiro atoms. The number of allylic oxidation sites excluding steroid dienone is 2. The van der Waals surface area contributed by atoms with Crippen LogP contribution >= 0.6 is 0 Å². The van der Waals surface area contributed by atoms with Gasteiger partial charge in [-0.2, -0.15) is 0 Å². The third-order valence-corrected chi connectivity index (χ3v) is 5.97. The van der Waals surface area contributed by atoms with Crippen molar-refractivity contribution < 1.29 is 19.7 Å². The topological polar surface area (TPSA) is 62.2 Å². The number of hydrogen-bond donors (Lipinski definition) is 2.